The van der Waals surface area contributed by atoms with Gasteiger partial charge in [-0.25, -0.2) is 0 Å². The Bertz CT molecular complexity index is 818. The van der Waals surface area contributed by atoms with Crippen LogP contribution in [0.4, 0.5) is 0 Å². The third kappa shape index (κ3) is 29.9. The van der Waals surface area contributed by atoms with Crippen LogP contribution in [-0.2, 0) is 27.9 Å². The van der Waals surface area contributed by atoms with Crippen LogP contribution in [0.25, 0.3) is 0 Å². The van der Waals surface area contributed by atoms with Gasteiger partial charge in [0.25, 0.3) is 7.82 Å². The molecule has 0 aromatic heterocycles. The average Bonchev–Trinajstić information content (AvgIpc) is 2.92. The molecule has 9 heteroatoms. The van der Waals surface area contributed by atoms with E-state index in [0.717, 1.165) is 57.8 Å². The molecule has 0 heterocycles. The Hall–Kier alpha value is -1.54. The SMILES string of the molecule is CC/C=C\C/C=C\C/C=C\C/C=C\CCCOCC(COP(=O)([O-])OCC[N+](C)(C)C)OC(=O)CCCCCCCC. The third-order valence-electron chi connectivity index (χ3n) is 6.14. The van der Waals surface area contributed by atoms with Crippen LogP contribution >= 0.6 is 7.82 Å². The predicted molar refractivity (Wildman–Crippen MR) is 171 cm³/mol. The largest absolute Gasteiger partial charge is 0.756 e. The molecule has 0 rings (SSSR count). The summed E-state index contributed by atoms with van der Waals surface area (Å²) in [6.45, 7) is 5.03. The minimum absolute atomic E-state index is 0.0144. The standard InChI is InChI=1S/C33H60NO7P/c1-6-8-10-12-14-15-16-17-18-19-20-21-23-25-28-38-30-32(41-33(35)26-24-22-13-11-9-7-2)31-40-42(36,37)39-29-27-34(3,4)5/h8,10,14-15,17-18,20-21,32H,6-7,9,11-13,16,19,22-31H2,1-5H3/b10-8-,15-14-,18-17-,21-20-. The van der Waals surface area contributed by atoms with Gasteiger partial charge in [-0.3, -0.25) is 9.36 Å². The molecule has 0 aromatic carbocycles. The number of hydrogen-bond acceptors (Lipinski definition) is 7. The van der Waals surface area contributed by atoms with Gasteiger partial charge in [-0.2, -0.15) is 0 Å². The maximum Gasteiger partial charge on any atom is 0.306 e. The van der Waals surface area contributed by atoms with Crippen molar-refractivity contribution in [3.63, 3.8) is 0 Å². The third-order valence-corrected chi connectivity index (χ3v) is 7.11. The molecule has 0 saturated carbocycles. The van der Waals surface area contributed by atoms with E-state index in [0.29, 0.717) is 24.1 Å². The summed E-state index contributed by atoms with van der Waals surface area (Å²) in [5, 5.41) is 0. The highest BCUT2D eigenvalue weighted by Crippen LogP contribution is 2.38. The normalized spacial score (nSPS) is 14.9. The number of carbonyl (C=O) groups is 1. The van der Waals surface area contributed by atoms with E-state index >= 15 is 0 Å². The van der Waals surface area contributed by atoms with Crippen molar-refractivity contribution in [2.75, 3.05) is 54.1 Å². The lowest BCUT2D eigenvalue weighted by atomic mass is 10.1. The van der Waals surface area contributed by atoms with Crippen LogP contribution in [0, 0.1) is 0 Å². The van der Waals surface area contributed by atoms with Gasteiger partial charge in [0, 0.05) is 13.0 Å². The Kier molecular flexibility index (Phi) is 26.0. The van der Waals surface area contributed by atoms with Gasteiger partial charge < -0.3 is 27.9 Å². The highest BCUT2D eigenvalue weighted by Gasteiger charge is 2.20. The number of unbranched alkanes of at least 4 members (excludes halogenated alkanes) is 6. The molecule has 0 fully saturated rings. The van der Waals surface area contributed by atoms with E-state index in [1.807, 2.05) is 21.1 Å². The zero-order valence-corrected chi connectivity index (χ0v) is 28.1. The van der Waals surface area contributed by atoms with E-state index in [9.17, 15) is 14.3 Å². The van der Waals surface area contributed by atoms with Crippen molar-refractivity contribution in [1.82, 2.24) is 0 Å². The first kappa shape index (κ1) is 40.5. The van der Waals surface area contributed by atoms with Gasteiger partial charge in [0.15, 0.2) is 0 Å². The number of allylic oxidation sites excluding steroid dienone is 8. The van der Waals surface area contributed by atoms with Crippen molar-refractivity contribution in [2.45, 2.75) is 103 Å². The lowest BCUT2D eigenvalue weighted by Gasteiger charge is -2.28. The first-order chi connectivity index (χ1) is 20.1. The zero-order valence-electron chi connectivity index (χ0n) is 27.2. The van der Waals surface area contributed by atoms with Gasteiger partial charge >= 0.3 is 5.97 Å². The molecule has 42 heavy (non-hydrogen) atoms. The van der Waals surface area contributed by atoms with Crippen molar-refractivity contribution in [2.24, 2.45) is 0 Å². The zero-order chi connectivity index (χ0) is 31.4. The van der Waals surface area contributed by atoms with Gasteiger partial charge in [-0.15, -0.1) is 0 Å². The quantitative estimate of drug-likeness (QED) is 0.0297. The second kappa shape index (κ2) is 27.0. The molecule has 0 aliphatic heterocycles. The maximum atomic E-state index is 12.4. The van der Waals surface area contributed by atoms with Gasteiger partial charge in [-0.1, -0.05) is 94.6 Å². The Morgan fingerprint density at radius 3 is 1.98 bits per heavy atom. The topological polar surface area (TPSA) is 94.1 Å². The predicted octanol–water partition coefficient (Wildman–Crippen LogP) is 7.46. The second-order valence-electron chi connectivity index (χ2n) is 11.4. The highest BCUT2D eigenvalue weighted by molar-refractivity contribution is 7.45. The Morgan fingerprint density at radius 2 is 1.36 bits per heavy atom. The van der Waals surface area contributed by atoms with Gasteiger partial charge in [0.2, 0.25) is 0 Å². The fourth-order valence-electron chi connectivity index (χ4n) is 3.66. The number of likely N-dealkylation sites (N-methyl/N-ethyl adjacent to an activating group) is 1. The highest BCUT2D eigenvalue weighted by atomic mass is 31.2. The molecule has 0 N–H and O–H groups in total. The maximum absolute atomic E-state index is 12.4. The van der Waals surface area contributed by atoms with Crippen molar-refractivity contribution in [3.05, 3.63) is 48.6 Å². The van der Waals surface area contributed by atoms with E-state index in [1.165, 1.54) is 19.3 Å². The molecule has 0 saturated heterocycles. The molecule has 2 unspecified atom stereocenters. The van der Waals surface area contributed by atoms with E-state index < -0.39 is 13.9 Å². The molecule has 0 aliphatic carbocycles. The van der Waals surface area contributed by atoms with Crippen LogP contribution in [0.5, 0.6) is 0 Å². The number of phosphoric ester groups is 1. The second-order valence-corrected chi connectivity index (χ2v) is 12.8. The number of carbonyl (C=O) groups excluding carboxylic acids is 1. The number of esters is 1. The minimum atomic E-state index is -4.52. The fraction of sp³-hybridized carbons (Fsp3) is 0.727. The molecule has 0 spiro atoms. The van der Waals surface area contributed by atoms with E-state index in [4.69, 9.17) is 18.5 Å². The van der Waals surface area contributed by atoms with Gasteiger partial charge in [0.05, 0.1) is 34.4 Å². The average molecular weight is 614 g/mol. The molecule has 0 aliphatic rings. The summed E-state index contributed by atoms with van der Waals surface area (Å²) in [6, 6.07) is 0. The van der Waals surface area contributed by atoms with Gasteiger partial charge in [-0.05, 0) is 44.9 Å². The Labute approximate surface area is 257 Å². The monoisotopic (exact) mass is 613 g/mol. The van der Waals surface area contributed by atoms with Crippen molar-refractivity contribution in [3.8, 4) is 0 Å². The number of quaternary nitrogens is 1. The van der Waals surface area contributed by atoms with Crippen LogP contribution in [-0.4, -0.2) is 70.7 Å². The summed E-state index contributed by atoms with van der Waals surface area (Å²) < 4.78 is 34.0. The molecule has 0 amide bonds. The van der Waals surface area contributed by atoms with Crippen LogP contribution in [0.3, 0.4) is 0 Å². The Balaban J connectivity index is 4.43. The molecular formula is C33H60NO7P. The summed E-state index contributed by atoms with van der Waals surface area (Å²) in [7, 11) is 1.31. The summed E-state index contributed by atoms with van der Waals surface area (Å²) in [6.07, 6.45) is 28.7. The first-order valence-corrected chi connectivity index (χ1v) is 17.3. The number of hydrogen-bond donors (Lipinski definition) is 0. The lowest BCUT2D eigenvalue weighted by Crippen LogP contribution is -2.37. The molecule has 0 aromatic rings. The Morgan fingerprint density at radius 1 is 0.762 bits per heavy atom. The molecule has 244 valence electrons. The fourth-order valence-corrected chi connectivity index (χ4v) is 4.39. The van der Waals surface area contributed by atoms with Crippen LogP contribution < -0.4 is 4.89 Å². The van der Waals surface area contributed by atoms with E-state index in [-0.39, 0.29) is 25.8 Å². The summed E-state index contributed by atoms with van der Waals surface area (Å²) in [5.41, 5.74) is 0. The van der Waals surface area contributed by atoms with Crippen molar-refractivity contribution < 1.29 is 37.3 Å². The van der Waals surface area contributed by atoms with Crippen molar-refractivity contribution in [1.29, 1.82) is 0 Å². The number of ether oxygens (including phenoxy) is 2. The summed E-state index contributed by atoms with van der Waals surface area (Å²) >= 11 is 0. The lowest BCUT2D eigenvalue weighted by molar-refractivity contribution is -0.870. The molecular weight excluding hydrogens is 553 g/mol. The number of rotatable bonds is 28. The summed E-state index contributed by atoms with van der Waals surface area (Å²) in [5.74, 6) is -0.366. The van der Waals surface area contributed by atoms with Crippen LogP contribution in [0.15, 0.2) is 48.6 Å². The summed E-state index contributed by atoms with van der Waals surface area (Å²) in [4.78, 5) is 24.6. The van der Waals surface area contributed by atoms with Crippen molar-refractivity contribution >= 4 is 13.8 Å². The van der Waals surface area contributed by atoms with Crippen LogP contribution in [0.2, 0.25) is 0 Å². The van der Waals surface area contributed by atoms with Gasteiger partial charge in [0.1, 0.15) is 19.3 Å². The molecule has 0 bridgehead atoms. The first-order valence-electron chi connectivity index (χ1n) is 15.9. The molecule has 0 radical (unpaired) electrons. The van der Waals surface area contributed by atoms with E-state index in [1.54, 1.807) is 0 Å². The molecule has 8 nitrogen and oxygen atoms in total. The molecule has 2 atom stereocenters. The number of phosphoric acid groups is 1. The smallest absolute Gasteiger partial charge is 0.306 e. The number of nitrogens with zero attached hydrogens (tertiary/aromatic N) is 1. The van der Waals surface area contributed by atoms with Crippen LogP contribution in [0.1, 0.15) is 97.3 Å². The van der Waals surface area contributed by atoms with E-state index in [2.05, 4.69) is 62.5 Å². The minimum Gasteiger partial charge on any atom is -0.756 e.